The van der Waals surface area contributed by atoms with E-state index in [0.717, 1.165) is 12.8 Å². The molecule has 2 amide bonds. The van der Waals surface area contributed by atoms with E-state index in [9.17, 15) is 14.4 Å². The lowest BCUT2D eigenvalue weighted by Crippen LogP contribution is -2.51. The van der Waals surface area contributed by atoms with E-state index in [1.807, 2.05) is 0 Å². The van der Waals surface area contributed by atoms with E-state index >= 15 is 0 Å². The number of nitrogens with two attached hydrogens (primary N) is 1. The van der Waals surface area contributed by atoms with Crippen LogP contribution in [-0.4, -0.2) is 48.9 Å². The largest absolute Gasteiger partial charge is 0.452 e. The van der Waals surface area contributed by atoms with Crippen LogP contribution in [0.2, 0.25) is 0 Å². The third-order valence-corrected chi connectivity index (χ3v) is 3.89. The van der Waals surface area contributed by atoms with Gasteiger partial charge in [-0.3, -0.25) is 9.59 Å². The molecule has 1 aliphatic rings. The van der Waals surface area contributed by atoms with Crippen LogP contribution in [0.25, 0.3) is 0 Å². The SMILES string of the molecule is CNc1ccccc1C(=O)OCC(=O)N1CCCC[C@@H]1C(N)=O. The molecule has 0 unspecified atom stereocenters. The highest BCUT2D eigenvalue weighted by Crippen LogP contribution is 2.18. The predicted octanol–water partition coefficient (Wildman–Crippen LogP) is 0.752. The third-order valence-electron chi connectivity index (χ3n) is 3.89. The molecule has 0 radical (unpaired) electrons. The fraction of sp³-hybridized carbons (Fsp3) is 0.438. The Morgan fingerprint density at radius 1 is 1.30 bits per heavy atom. The fourth-order valence-electron chi connectivity index (χ4n) is 2.69. The molecule has 7 nitrogen and oxygen atoms in total. The molecule has 1 fully saturated rings. The number of piperidine rings is 1. The Kier molecular flexibility index (Phi) is 5.56. The van der Waals surface area contributed by atoms with Crippen molar-refractivity contribution in [3.05, 3.63) is 29.8 Å². The minimum absolute atomic E-state index is 0.355. The van der Waals surface area contributed by atoms with Crippen molar-refractivity contribution in [2.24, 2.45) is 5.73 Å². The van der Waals surface area contributed by atoms with Crippen molar-refractivity contribution in [1.82, 2.24) is 4.90 Å². The first-order chi connectivity index (χ1) is 11.0. The summed E-state index contributed by atoms with van der Waals surface area (Å²) in [5, 5.41) is 2.89. The van der Waals surface area contributed by atoms with Crippen molar-refractivity contribution >= 4 is 23.5 Å². The van der Waals surface area contributed by atoms with E-state index in [4.69, 9.17) is 10.5 Å². The van der Waals surface area contributed by atoms with Crippen molar-refractivity contribution in [2.45, 2.75) is 25.3 Å². The van der Waals surface area contributed by atoms with Gasteiger partial charge in [0, 0.05) is 19.3 Å². The van der Waals surface area contributed by atoms with E-state index in [2.05, 4.69) is 5.32 Å². The molecule has 124 valence electrons. The van der Waals surface area contributed by atoms with E-state index in [1.54, 1.807) is 31.3 Å². The maximum atomic E-state index is 12.2. The number of amides is 2. The maximum absolute atomic E-state index is 12.2. The minimum atomic E-state index is -0.612. The Morgan fingerprint density at radius 3 is 2.74 bits per heavy atom. The molecule has 0 spiro atoms. The third kappa shape index (κ3) is 4.00. The molecular formula is C16H21N3O4. The lowest BCUT2D eigenvalue weighted by Gasteiger charge is -2.33. The Morgan fingerprint density at radius 2 is 2.04 bits per heavy atom. The number of likely N-dealkylation sites (tertiary alicyclic amines) is 1. The predicted molar refractivity (Wildman–Crippen MR) is 84.8 cm³/mol. The fourth-order valence-corrected chi connectivity index (χ4v) is 2.69. The number of para-hydroxylation sites is 1. The zero-order chi connectivity index (χ0) is 16.8. The first-order valence-electron chi connectivity index (χ1n) is 7.57. The molecule has 0 saturated carbocycles. The second-order valence-electron chi connectivity index (χ2n) is 5.37. The number of carbonyl (C=O) groups excluding carboxylic acids is 3. The van der Waals surface area contributed by atoms with Gasteiger partial charge >= 0.3 is 5.97 Å². The van der Waals surface area contributed by atoms with Crippen molar-refractivity contribution < 1.29 is 19.1 Å². The number of esters is 1. The van der Waals surface area contributed by atoms with Crippen LogP contribution in [-0.2, 0) is 14.3 Å². The molecule has 0 aliphatic carbocycles. The molecule has 1 aliphatic heterocycles. The number of rotatable bonds is 5. The first kappa shape index (κ1) is 16.8. The summed E-state index contributed by atoms with van der Waals surface area (Å²) in [4.78, 5) is 37.2. The summed E-state index contributed by atoms with van der Waals surface area (Å²) < 4.78 is 5.09. The van der Waals surface area contributed by atoms with Gasteiger partial charge < -0.3 is 20.7 Å². The van der Waals surface area contributed by atoms with Crippen LogP contribution < -0.4 is 11.1 Å². The number of benzene rings is 1. The molecular weight excluding hydrogens is 298 g/mol. The quantitative estimate of drug-likeness (QED) is 0.780. The summed E-state index contributed by atoms with van der Waals surface area (Å²) in [6, 6.07) is 6.25. The average molecular weight is 319 g/mol. The normalized spacial score (nSPS) is 17.4. The van der Waals surface area contributed by atoms with Crippen LogP contribution >= 0.6 is 0 Å². The Balaban J connectivity index is 1.98. The summed E-state index contributed by atoms with van der Waals surface area (Å²) in [7, 11) is 1.70. The number of anilines is 1. The van der Waals surface area contributed by atoms with E-state index in [-0.39, 0.29) is 0 Å². The molecule has 0 aromatic heterocycles. The van der Waals surface area contributed by atoms with Gasteiger partial charge in [-0.05, 0) is 31.4 Å². The molecule has 1 heterocycles. The van der Waals surface area contributed by atoms with Crippen molar-refractivity contribution in [3.63, 3.8) is 0 Å². The van der Waals surface area contributed by atoms with Crippen LogP contribution in [0.4, 0.5) is 5.69 Å². The number of carbonyl (C=O) groups is 3. The lowest BCUT2D eigenvalue weighted by molar-refractivity contribution is -0.143. The maximum Gasteiger partial charge on any atom is 0.340 e. The van der Waals surface area contributed by atoms with Gasteiger partial charge in [0.2, 0.25) is 5.91 Å². The van der Waals surface area contributed by atoms with E-state index < -0.39 is 30.4 Å². The second-order valence-corrected chi connectivity index (χ2v) is 5.37. The van der Waals surface area contributed by atoms with E-state index in [1.165, 1.54) is 4.90 Å². The monoisotopic (exact) mass is 319 g/mol. The van der Waals surface area contributed by atoms with Crippen LogP contribution in [0.3, 0.4) is 0 Å². The minimum Gasteiger partial charge on any atom is -0.452 e. The van der Waals surface area contributed by atoms with Gasteiger partial charge in [0.05, 0.1) is 5.56 Å². The highest BCUT2D eigenvalue weighted by Gasteiger charge is 2.31. The molecule has 23 heavy (non-hydrogen) atoms. The summed E-state index contributed by atoms with van der Waals surface area (Å²) in [5.41, 5.74) is 6.31. The summed E-state index contributed by atoms with van der Waals surface area (Å²) >= 11 is 0. The molecule has 1 aromatic carbocycles. The summed E-state index contributed by atoms with van der Waals surface area (Å²) in [6.07, 6.45) is 2.22. The Bertz CT molecular complexity index is 603. The first-order valence-corrected chi connectivity index (χ1v) is 7.57. The van der Waals surface area contributed by atoms with Gasteiger partial charge in [0.1, 0.15) is 6.04 Å². The standard InChI is InChI=1S/C16H21N3O4/c1-18-12-7-3-2-6-11(12)16(22)23-10-14(20)19-9-5-4-8-13(19)15(17)21/h2-3,6-7,13,18H,4-5,8-10H2,1H3,(H2,17,21)/t13-/m1/s1. The zero-order valence-corrected chi connectivity index (χ0v) is 13.1. The zero-order valence-electron chi connectivity index (χ0n) is 13.1. The van der Waals surface area contributed by atoms with Gasteiger partial charge in [-0.25, -0.2) is 4.79 Å². The Labute approximate surface area is 134 Å². The number of hydrogen-bond acceptors (Lipinski definition) is 5. The van der Waals surface area contributed by atoms with Gasteiger partial charge in [0.15, 0.2) is 6.61 Å². The molecule has 0 bridgehead atoms. The second kappa shape index (κ2) is 7.62. The van der Waals surface area contributed by atoms with Crippen LogP contribution in [0.15, 0.2) is 24.3 Å². The van der Waals surface area contributed by atoms with Crippen LogP contribution in [0.1, 0.15) is 29.6 Å². The number of nitrogens with one attached hydrogen (secondary N) is 1. The average Bonchev–Trinajstić information content (AvgIpc) is 2.59. The molecule has 3 N–H and O–H groups in total. The summed E-state index contributed by atoms with van der Waals surface area (Å²) in [6.45, 7) is 0.0533. The lowest BCUT2D eigenvalue weighted by atomic mass is 10.0. The number of ether oxygens (including phenoxy) is 1. The summed E-state index contributed by atoms with van der Waals surface area (Å²) in [5.74, 6) is -1.51. The van der Waals surface area contributed by atoms with Gasteiger partial charge in [-0.2, -0.15) is 0 Å². The van der Waals surface area contributed by atoms with E-state index in [0.29, 0.717) is 24.2 Å². The molecule has 1 saturated heterocycles. The molecule has 1 atom stereocenters. The van der Waals surface area contributed by atoms with Gasteiger partial charge in [-0.1, -0.05) is 12.1 Å². The highest BCUT2D eigenvalue weighted by molar-refractivity contribution is 5.97. The van der Waals surface area contributed by atoms with Gasteiger partial charge in [-0.15, -0.1) is 0 Å². The van der Waals surface area contributed by atoms with Crippen molar-refractivity contribution in [1.29, 1.82) is 0 Å². The van der Waals surface area contributed by atoms with Crippen LogP contribution in [0.5, 0.6) is 0 Å². The van der Waals surface area contributed by atoms with Crippen molar-refractivity contribution in [3.8, 4) is 0 Å². The van der Waals surface area contributed by atoms with Gasteiger partial charge in [0.25, 0.3) is 5.91 Å². The number of nitrogens with zero attached hydrogens (tertiary/aromatic N) is 1. The molecule has 2 rings (SSSR count). The Hall–Kier alpha value is -2.57. The molecule has 7 heteroatoms. The van der Waals surface area contributed by atoms with Crippen molar-refractivity contribution in [2.75, 3.05) is 25.5 Å². The number of primary amides is 1. The number of hydrogen-bond donors (Lipinski definition) is 2. The molecule has 1 aromatic rings. The highest BCUT2D eigenvalue weighted by atomic mass is 16.5. The smallest absolute Gasteiger partial charge is 0.340 e. The topological polar surface area (TPSA) is 102 Å². The van der Waals surface area contributed by atoms with Crippen LogP contribution in [0, 0.1) is 0 Å².